The van der Waals surface area contributed by atoms with E-state index in [0.29, 0.717) is 0 Å². The number of hydrogen-bond donors (Lipinski definition) is 0. The third kappa shape index (κ3) is 3.74. The molecule has 1 rings (SSSR count). The topological polar surface area (TPSA) is 35.4 Å². The number of rotatable bonds is 3. The molecule has 0 saturated heterocycles. The minimum absolute atomic E-state index is 0.454. The number of hydrogen-bond acceptors (Lipinski definition) is 2. The van der Waals surface area contributed by atoms with E-state index in [2.05, 4.69) is 4.40 Å². The van der Waals surface area contributed by atoms with Crippen molar-refractivity contribution in [3.8, 4) is 0 Å². The third-order valence-electron chi connectivity index (χ3n) is 2.09. The molecule has 0 spiro atoms. The molecule has 0 aliphatic heterocycles. The van der Waals surface area contributed by atoms with Crippen molar-refractivity contribution >= 4 is 17.6 Å². The second-order valence-corrected chi connectivity index (χ2v) is 6.59. The molecule has 1 aromatic carbocycles. The quantitative estimate of drug-likeness (QED) is 0.615. The highest BCUT2D eigenvalue weighted by Crippen LogP contribution is 2.23. The van der Waals surface area contributed by atoms with Gasteiger partial charge >= 0.3 is 0 Å². The van der Waals surface area contributed by atoms with Gasteiger partial charge in [0.1, 0.15) is 16.1 Å². The highest BCUT2D eigenvalue weighted by atomic mass is 32.2. The normalized spacial score (nSPS) is 15.9. The first-order valence-electron chi connectivity index (χ1n) is 5.27. The summed E-state index contributed by atoms with van der Waals surface area (Å²) in [5.41, 5.74) is -0.454. The summed E-state index contributed by atoms with van der Waals surface area (Å²) in [5, 5.41) is 0. The molecule has 0 bridgehead atoms. The molecule has 2 nitrogen and oxygen atoms in total. The van der Waals surface area contributed by atoms with Crippen molar-refractivity contribution < 1.29 is 17.7 Å². The van der Waals surface area contributed by atoms with Gasteiger partial charge in [-0.3, -0.25) is 0 Å². The number of alkyl halides is 1. The van der Waals surface area contributed by atoms with Crippen LogP contribution in [0.4, 0.5) is 13.2 Å². The van der Waals surface area contributed by atoms with Crippen LogP contribution in [0.2, 0.25) is 0 Å². The molecule has 100 valence electrons. The summed E-state index contributed by atoms with van der Waals surface area (Å²) in [5.74, 6) is -2.38. The lowest BCUT2D eigenvalue weighted by molar-refractivity contribution is 0.414. The molecule has 0 saturated carbocycles. The molecule has 0 fully saturated rings. The van der Waals surface area contributed by atoms with Crippen LogP contribution < -0.4 is 0 Å². The first-order chi connectivity index (χ1) is 8.23. The van der Waals surface area contributed by atoms with Crippen LogP contribution in [0.15, 0.2) is 22.6 Å². The molecule has 0 aliphatic rings. The maximum Gasteiger partial charge on any atom is 0.168 e. The summed E-state index contributed by atoms with van der Waals surface area (Å²) in [6, 6.07) is 3.22. The average molecular weight is 277 g/mol. The van der Waals surface area contributed by atoms with Crippen LogP contribution in [0.3, 0.4) is 0 Å². The predicted molar refractivity (Wildman–Crippen MR) is 66.6 cm³/mol. The first-order valence-corrected chi connectivity index (χ1v) is 6.38. The number of benzene rings is 1. The zero-order valence-electron chi connectivity index (χ0n) is 10.3. The van der Waals surface area contributed by atoms with Crippen molar-refractivity contribution in [2.75, 3.05) is 0 Å². The van der Waals surface area contributed by atoms with Gasteiger partial charge < -0.3 is 4.55 Å². The highest BCUT2D eigenvalue weighted by Gasteiger charge is 2.26. The molecule has 18 heavy (non-hydrogen) atoms. The van der Waals surface area contributed by atoms with Crippen LogP contribution in [0.5, 0.6) is 0 Å². The molecule has 0 heterocycles. The Morgan fingerprint density at radius 2 is 1.94 bits per heavy atom. The van der Waals surface area contributed by atoms with Crippen molar-refractivity contribution in [1.29, 1.82) is 0 Å². The molecule has 2 unspecified atom stereocenters. The Morgan fingerprint density at radius 1 is 1.33 bits per heavy atom. The van der Waals surface area contributed by atoms with E-state index in [-0.39, 0.29) is 0 Å². The second-order valence-electron chi connectivity index (χ2n) is 4.66. The van der Waals surface area contributed by atoms with Gasteiger partial charge in [-0.1, -0.05) is 16.5 Å². The van der Waals surface area contributed by atoms with E-state index in [1.807, 2.05) is 0 Å². The lowest BCUT2D eigenvalue weighted by Crippen LogP contribution is -2.26. The van der Waals surface area contributed by atoms with Crippen molar-refractivity contribution in [2.45, 2.75) is 31.7 Å². The van der Waals surface area contributed by atoms with E-state index >= 15 is 0 Å². The third-order valence-corrected chi connectivity index (χ3v) is 3.45. The Morgan fingerprint density at radius 3 is 2.50 bits per heavy atom. The Bertz CT molecular complexity index is 445. The monoisotopic (exact) mass is 277 g/mol. The lowest BCUT2D eigenvalue weighted by Gasteiger charge is -2.18. The van der Waals surface area contributed by atoms with Crippen LogP contribution in [-0.4, -0.2) is 15.5 Å². The van der Waals surface area contributed by atoms with Gasteiger partial charge in [-0.2, -0.15) is 0 Å². The average Bonchev–Trinajstić information content (AvgIpc) is 2.27. The van der Waals surface area contributed by atoms with Gasteiger partial charge in [0.2, 0.25) is 0 Å². The molecule has 6 heteroatoms. The van der Waals surface area contributed by atoms with Crippen molar-refractivity contribution in [3.63, 3.8) is 0 Å². The van der Waals surface area contributed by atoms with Gasteiger partial charge in [-0.15, -0.1) is 0 Å². The van der Waals surface area contributed by atoms with E-state index in [4.69, 9.17) is 0 Å². The Balaban J connectivity index is 2.86. The van der Waals surface area contributed by atoms with Crippen molar-refractivity contribution in [2.24, 2.45) is 4.40 Å². The Kier molecular flexibility index (Phi) is 4.81. The van der Waals surface area contributed by atoms with Gasteiger partial charge in [0.15, 0.2) is 17.8 Å². The zero-order valence-corrected chi connectivity index (χ0v) is 11.1. The summed E-state index contributed by atoms with van der Waals surface area (Å²) in [6.45, 7) is 5.03. The Labute approximate surface area is 107 Å². The number of halogens is 3. The molecule has 0 aliphatic carbocycles. The molecule has 0 radical (unpaired) electrons. The molecule has 0 N–H and O–H groups in total. The van der Waals surface area contributed by atoms with E-state index in [0.717, 1.165) is 18.3 Å². The number of nitrogens with zero attached hydrogens (tertiary/aromatic N) is 1. The molecule has 2 atom stereocenters. The minimum atomic E-state index is -1.92. The van der Waals surface area contributed by atoms with E-state index in [1.165, 1.54) is 6.07 Å². The van der Waals surface area contributed by atoms with Gasteiger partial charge in [0.05, 0.1) is 6.21 Å². The van der Waals surface area contributed by atoms with Crippen molar-refractivity contribution in [1.82, 2.24) is 0 Å². The highest BCUT2D eigenvalue weighted by molar-refractivity contribution is 7.91. The van der Waals surface area contributed by atoms with Gasteiger partial charge in [-0.05, 0) is 26.8 Å². The van der Waals surface area contributed by atoms with Crippen LogP contribution >= 0.6 is 0 Å². The molecular weight excluding hydrogens is 263 g/mol. The van der Waals surface area contributed by atoms with E-state index < -0.39 is 39.5 Å². The van der Waals surface area contributed by atoms with Gasteiger partial charge in [0.25, 0.3) is 0 Å². The van der Waals surface area contributed by atoms with Crippen LogP contribution in [0.1, 0.15) is 32.5 Å². The van der Waals surface area contributed by atoms with Gasteiger partial charge in [0, 0.05) is 5.56 Å². The van der Waals surface area contributed by atoms with Crippen molar-refractivity contribution in [3.05, 3.63) is 35.4 Å². The van der Waals surface area contributed by atoms with Crippen LogP contribution in [0, 0.1) is 11.6 Å². The van der Waals surface area contributed by atoms with E-state index in [9.17, 15) is 17.7 Å². The van der Waals surface area contributed by atoms with Crippen LogP contribution in [0.25, 0.3) is 0 Å². The summed E-state index contributed by atoms with van der Waals surface area (Å²) < 4.78 is 54.2. The lowest BCUT2D eigenvalue weighted by atomic mass is 10.1. The molecule has 1 aromatic rings. The molecule has 0 amide bonds. The SMILES string of the molecule is CC(C)(C)[S+]([O-])N=CC(F)c1cccc(F)c1F. The first kappa shape index (κ1) is 15.0. The Hall–Kier alpha value is -1.01. The van der Waals surface area contributed by atoms with Gasteiger partial charge in [-0.25, -0.2) is 13.2 Å². The largest absolute Gasteiger partial charge is 0.591 e. The molecular formula is C12H14F3NOS. The summed E-state index contributed by atoms with van der Waals surface area (Å²) in [4.78, 5) is 0. The van der Waals surface area contributed by atoms with E-state index in [1.54, 1.807) is 20.8 Å². The summed E-state index contributed by atoms with van der Waals surface area (Å²) >= 11 is -1.63. The maximum absolute atomic E-state index is 13.6. The maximum atomic E-state index is 13.6. The zero-order chi connectivity index (χ0) is 13.9. The fourth-order valence-corrected chi connectivity index (χ4v) is 1.61. The minimum Gasteiger partial charge on any atom is -0.591 e. The summed E-state index contributed by atoms with van der Waals surface area (Å²) in [7, 11) is 0. The standard InChI is InChI=1S/C12H14F3NOS/c1-12(2,3)18(17)16-7-10(14)8-5-4-6-9(13)11(8)15/h4-7,10H,1-3H3. The second kappa shape index (κ2) is 5.75. The fourth-order valence-electron chi connectivity index (χ4n) is 1.08. The fraction of sp³-hybridized carbons (Fsp3) is 0.417. The summed E-state index contributed by atoms with van der Waals surface area (Å²) in [6.07, 6.45) is -1.19. The van der Waals surface area contributed by atoms with Crippen LogP contribution in [-0.2, 0) is 11.4 Å². The smallest absolute Gasteiger partial charge is 0.168 e. The predicted octanol–water partition coefficient (Wildman–Crippen LogP) is 3.51. The molecule has 0 aromatic heterocycles.